The molecule has 1 saturated heterocycles. The molecule has 1 amide bonds. The molecule has 1 aromatic heterocycles. The fraction of sp³-hybridized carbons (Fsp3) is 0.615. The molecule has 1 fully saturated rings. The Morgan fingerprint density at radius 3 is 2.89 bits per heavy atom. The van der Waals surface area contributed by atoms with Gasteiger partial charge in [-0.25, -0.2) is 0 Å². The molecule has 2 heterocycles. The van der Waals surface area contributed by atoms with Crippen LogP contribution in [0.25, 0.3) is 0 Å². The number of carbonyl (C=O) groups is 1. The number of piperidine rings is 1. The van der Waals surface area contributed by atoms with Crippen LogP contribution < -0.4 is 5.32 Å². The van der Waals surface area contributed by atoms with Gasteiger partial charge in [-0.1, -0.05) is 6.92 Å². The van der Waals surface area contributed by atoms with Gasteiger partial charge in [-0.3, -0.25) is 4.79 Å². The Labute approximate surface area is 135 Å². The van der Waals surface area contributed by atoms with E-state index in [4.69, 9.17) is 0 Å². The maximum absolute atomic E-state index is 12.7. The number of amides is 1. The number of hydrogen-bond acceptors (Lipinski definition) is 3. The summed E-state index contributed by atoms with van der Waals surface area (Å²) in [6.45, 7) is 4.94. The summed E-state index contributed by atoms with van der Waals surface area (Å²) in [6, 6.07) is 2.25. The second-order valence-electron chi connectivity index (χ2n) is 4.73. The quantitative estimate of drug-likeness (QED) is 0.818. The van der Waals surface area contributed by atoms with Crippen molar-refractivity contribution < 1.29 is 4.79 Å². The van der Waals surface area contributed by atoms with E-state index in [1.54, 1.807) is 0 Å². The SMILES string of the molecule is CCCN(C(=O)c1cc(Br)c(Br)s1)C1CCCNC1. The first-order chi connectivity index (χ1) is 9.13. The second kappa shape index (κ2) is 7.20. The highest BCUT2D eigenvalue weighted by atomic mass is 79.9. The van der Waals surface area contributed by atoms with Crippen LogP contribution in [0.2, 0.25) is 0 Å². The van der Waals surface area contributed by atoms with Crippen molar-refractivity contribution in [3.8, 4) is 0 Å². The van der Waals surface area contributed by atoms with Crippen molar-refractivity contribution in [3.05, 3.63) is 19.2 Å². The molecule has 3 nitrogen and oxygen atoms in total. The zero-order chi connectivity index (χ0) is 13.8. The van der Waals surface area contributed by atoms with Gasteiger partial charge in [0.25, 0.3) is 5.91 Å². The van der Waals surface area contributed by atoms with Crippen LogP contribution in [-0.4, -0.2) is 36.5 Å². The molecular weight excluding hydrogens is 392 g/mol. The Hall–Kier alpha value is 0.0900. The average molecular weight is 410 g/mol. The highest BCUT2D eigenvalue weighted by Crippen LogP contribution is 2.33. The fourth-order valence-electron chi connectivity index (χ4n) is 2.38. The summed E-state index contributed by atoms with van der Waals surface area (Å²) in [5.41, 5.74) is 0. The molecule has 1 N–H and O–H groups in total. The lowest BCUT2D eigenvalue weighted by atomic mass is 10.1. The summed E-state index contributed by atoms with van der Waals surface area (Å²) in [5, 5.41) is 3.39. The maximum atomic E-state index is 12.7. The van der Waals surface area contributed by atoms with E-state index in [1.165, 1.54) is 11.3 Å². The number of hydrogen-bond donors (Lipinski definition) is 1. The van der Waals surface area contributed by atoms with Crippen molar-refractivity contribution >= 4 is 49.1 Å². The van der Waals surface area contributed by atoms with E-state index in [1.807, 2.05) is 11.0 Å². The van der Waals surface area contributed by atoms with Gasteiger partial charge in [0.1, 0.15) is 0 Å². The van der Waals surface area contributed by atoms with Crippen LogP contribution in [0.1, 0.15) is 35.9 Å². The van der Waals surface area contributed by atoms with Gasteiger partial charge in [0.05, 0.1) is 8.66 Å². The summed E-state index contributed by atoms with van der Waals surface area (Å²) in [7, 11) is 0. The van der Waals surface area contributed by atoms with Gasteiger partial charge in [-0.05, 0) is 63.7 Å². The van der Waals surface area contributed by atoms with Gasteiger partial charge >= 0.3 is 0 Å². The molecule has 0 aromatic carbocycles. The molecule has 1 aliphatic heterocycles. The predicted octanol–water partition coefficient (Wildman–Crippen LogP) is 3.88. The van der Waals surface area contributed by atoms with Crippen LogP contribution in [0.5, 0.6) is 0 Å². The minimum absolute atomic E-state index is 0.159. The summed E-state index contributed by atoms with van der Waals surface area (Å²) < 4.78 is 1.94. The highest BCUT2D eigenvalue weighted by molar-refractivity contribution is 9.13. The molecule has 1 unspecified atom stereocenters. The van der Waals surface area contributed by atoms with Crippen molar-refractivity contribution in [2.24, 2.45) is 0 Å². The zero-order valence-corrected chi connectivity index (χ0v) is 14.9. The first-order valence-corrected chi connectivity index (χ1v) is 9.00. The standard InChI is InChI=1S/C13H18Br2N2OS/c1-2-6-17(9-4-3-5-16-8-9)13(18)11-7-10(14)12(15)19-11/h7,9,16H,2-6,8H2,1H3. The molecule has 0 bridgehead atoms. The molecule has 2 rings (SSSR count). The molecule has 0 radical (unpaired) electrons. The van der Waals surface area contributed by atoms with E-state index in [0.29, 0.717) is 6.04 Å². The third-order valence-electron chi connectivity index (χ3n) is 3.29. The van der Waals surface area contributed by atoms with Gasteiger partial charge < -0.3 is 10.2 Å². The maximum Gasteiger partial charge on any atom is 0.264 e. The van der Waals surface area contributed by atoms with Gasteiger partial charge in [-0.2, -0.15) is 0 Å². The van der Waals surface area contributed by atoms with Gasteiger partial charge in [0.15, 0.2) is 0 Å². The van der Waals surface area contributed by atoms with Crippen LogP contribution in [0.3, 0.4) is 0 Å². The van der Waals surface area contributed by atoms with Gasteiger partial charge in [-0.15, -0.1) is 11.3 Å². The second-order valence-corrected chi connectivity index (χ2v) is 7.96. The predicted molar refractivity (Wildman–Crippen MR) is 86.9 cm³/mol. The number of halogens is 2. The smallest absolute Gasteiger partial charge is 0.264 e. The Morgan fingerprint density at radius 1 is 1.58 bits per heavy atom. The third-order valence-corrected chi connectivity index (χ3v) is 6.54. The van der Waals surface area contributed by atoms with E-state index in [9.17, 15) is 4.79 Å². The molecular formula is C13H18Br2N2OS. The number of nitrogens with one attached hydrogen (secondary N) is 1. The first kappa shape index (κ1) is 15.5. The van der Waals surface area contributed by atoms with Crippen LogP contribution in [-0.2, 0) is 0 Å². The molecule has 6 heteroatoms. The normalized spacial score (nSPS) is 19.4. The molecule has 1 atom stereocenters. The lowest BCUT2D eigenvalue weighted by Crippen LogP contribution is -2.48. The number of rotatable bonds is 4. The number of nitrogens with zero attached hydrogens (tertiary/aromatic N) is 1. The van der Waals surface area contributed by atoms with Crippen LogP contribution in [0.4, 0.5) is 0 Å². The lowest BCUT2D eigenvalue weighted by molar-refractivity contribution is 0.0654. The molecule has 0 aliphatic carbocycles. The highest BCUT2D eigenvalue weighted by Gasteiger charge is 2.26. The molecule has 0 spiro atoms. The Balaban J connectivity index is 2.15. The minimum atomic E-state index is 0.159. The van der Waals surface area contributed by atoms with Crippen molar-refractivity contribution in [1.82, 2.24) is 10.2 Å². The third kappa shape index (κ3) is 3.80. The van der Waals surface area contributed by atoms with Crippen LogP contribution in [0, 0.1) is 0 Å². The molecule has 0 saturated carbocycles. The van der Waals surface area contributed by atoms with Crippen LogP contribution >= 0.6 is 43.2 Å². The minimum Gasteiger partial charge on any atom is -0.334 e. The van der Waals surface area contributed by atoms with E-state index in [2.05, 4.69) is 44.1 Å². The summed E-state index contributed by atoms with van der Waals surface area (Å²) in [6.07, 6.45) is 3.25. The first-order valence-electron chi connectivity index (χ1n) is 6.60. The molecule has 19 heavy (non-hydrogen) atoms. The van der Waals surface area contributed by atoms with E-state index >= 15 is 0 Å². The van der Waals surface area contributed by atoms with E-state index in [-0.39, 0.29) is 5.91 Å². The Kier molecular flexibility index (Phi) is 5.87. The van der Waals surface area contributed by atoms with Gasteiger partial charge in [0.2, 0.25) is 0 Å². The summed E-state index contributed by atoms with van der Waals surface area (Å²) in [5.74, 6) is 0.159. The molecule has 1 aromatic rings. The number of thiophene rings is 1. The summed E-state index contributed by atoms with van der Waals surface area (Å²) >= 11 is 8.40. The van der Waals surface area contributed by atoms with Gasteiger partial charge in [0, 0.05) is 23.6 Å². The Morgan fingerprint density at radius 2 is 2.37 bits per heavy atom. The Bertz CT molecular complexity index is 424. The van der Waals surface area contributed by atoms with Crippen molar-refractivity contribution in [2.75, 3.05) is 19.6 Å². The largest absolute Gasteiger partial charge is 0.334 e. The summed E-state index contributed by atoms with van der Waals surface area (Å²) in [4.78, 5) is 15.5. The lowest BCUT2D eigenvalue weighted by Gasteiger charge is -2.34. The van der Waals surface area contributed by atoms with E-state index < -0.39 is 0 Å². The molecule has 106 valence electrons. The van der Waals surface area contributed by atoms with Crippen molar-refractivity contribution in [3.63, 3.8) is 0 Å². The van der Waals surface area contributed by atoms with Crippen molar-refractivity contribution in [2.45, 2.75) is 32.2 Å². The average Bonchev–Trinajstić information content (AvgIpc) is 2.76. The van der Waals surface area contributed by atoms with Crippen LogP contribution in [0.15, 0.2) is 14.3 Å². The zero-order valence-electron chi connectivity index (χ0n) is 10.9. The molecule has 1 aliphatic rings. The topological polar surface area (TPSA) is 32.3 Å². The number of carbonyl (C=O) groups excluding carboxylic acids is 1. The fourth-order valence-corrected chi connectivity index (χ4v) is 4.38. The van der Waals surface area contributed by atoms with E-state index in [0.717, 1.165) is 52.0 Å². The monoisotopic (exact) mass is 408 g/mol. The van der Waals surface area contributed by atoms with Crippen molar-refractivity contribution in [1.29, 1.82) is 0 Å².